The van der Waals surface area contributed by atoms with Crippen molar-refractivity contribution in [2.24, 2.45) is 0 Å². The monoisotopic (exact) mass is 477 g/mol. The zero-order chi connectivity index (χ0) is 24.3. The van der Waals surface area contributed by atoms with E-state index in [9.17, 15) is 4.79 Å². The summed E-state index contributed by atoms with van der Waals surface area (Å²) >= 11 is 0. The lowest BCUT2D eigenvalue weighted by molar-refractivity contribution is 0.0631. The number of aryl methyl sites for hydroxylation is 1. The third-order valence-electron chi connectivity index (χ3n) is 7.25. The van der Waals surface area contributed by atoms with Crippen molar-refractivity contribution in [2.45, 2.75) is 25.3 Å². The molecule has 0 saturated carbocycles. The molecule has 1 fully saturated rings. The number of rotatable bonds is 5. The number of carbonyl (C=O) groups excluding carboxylic acids is 1. The predicted octanol–water partition coefficient (Wildman–Crippen LogP) is 4.55. The van der Waals surface area contributed by atoms with Crippen LogP contribution in [0.1, 0.15) is 28.0 Å². The molecule has 2 N–H and O–H groups in total. The van der Waals surface area contributed by atoms with E-state index in [1.807, 2.05) is 29.2 Å². The van der Waals surface area contributed by atoms with Crippen molar-refractivity contribution in [2.75, 3.05) is 31.5 Å². The van der Waals surface area contributed by atoms with Gasteiger partial charge in [0.2, 0.25) is 0 Å². The van der Waals surface area contributed by atoms with Crippen LogP contribution in [0.4, 0.5) is 5.69 Å². The van der Waals surface area contributed by atoms with E-state index in [1.165, 1.54) is 16.8 Å². The van der Waals surface area contributed by atoms with Crippen LogP contribution in [0.3, 0.4) is 0 Å². The fraction of sp³-hybridized carbons (Fsp3) is 0.267. The molecule has 2 aliphatic rings. The quantitative estimate of drug-likeness (QED) is 0.443. The summed E-state index contributed by atoms with van der Waals surface area (Å²) in [7, 11) is 0. The molecule has 1 amide bonds. The lowest BCUT2D eigenvalue weighted by Gasteiger charge is -2.36. The fourth-order valence-corrected chi connectivity index (χ4v) is 5.40. The second-order valence-corrected chi connectivity index (χ2v) is 9.60. The van der Waals surface area contributed by atoms with E-state index in [0.29, 0.717) is 12.2 Å². The molecule has 2 aliphatic heterocycles. The van der Waals surface area contributed by atoms with Crippen LogP contribution in [0, 0.1) is 0 Å². The van der Waals surface area contributed by atoms with Gasteiger partial charge in [0.05, 0.1) is 5.69 Å². The Kier molecular flexibility index (Phi) is 6.26. The third kappa shape index (κ3) is 4.40. The van der Waals surface area contributed by atoms with E-state index in [0.717, 1.165) is 55.8 Å². The SMILES string of the molecule is O=C(c1ncn(-c2ccc3c(c2)NCCC3)c1-c1ccccc1)N1CCNC[C@H]1Cc1ccccc1. The Morgan fingerprint density at radius 2 is 1.78 bits per heavy atom. The number of hydrogen-bond acceptors (Lipinski definition) is 4. The van der Waals surface area contributed by atoms with Crippen molar-refractivity contribution >= 4 is 11.6 Å². The molecule has 0 bridgehead atoms. The van der Waals surface area contributed by atoms with Gasteiger partial charge in [-0.3, -0.25) is 9.36 Å². The number of anilines is 1. The van der Waals surface area contributed by atoms with Gasteiger partial charge in [-0.2, -0.15) is 0 Å². The Balaban J connectivity index is 1.39. The summed E-state index contributed by atoms with van der Waals surface area (Å²) in [5.74, 6) is -0.00822. The molecule has 36 heavy (non-hydrogen) atoms. The Morgan fingerprint density at radius 1 is 0.972 bits per heavy atom. The number of piperazine rings is 1. The molecule has 3 heterocycles. The van der Waals surface area contributed by atoms with Gasteiger partial charge in [0, 0.05) is 49.2 Å². The highest BCUT2D eigenvalue weighted by atomic mass is 16.2. The smallest absolute Gasteiger partial charge is 0.275 e. The zero-order valence-corrected chi connectivity index (χ0v) is 20.4. The van der Waals surface area contributed by atoms with Crippen molar-refractivity contribution in [3.63, 3.8) is 0 Å². The van der Waals surface area contributed by atoms with Gasteiger partial charge in [0.25, 0.3) is 5.91 Å². The summed E-state index contributed by atoms with van der Waals surface area (Å²) < 4.78 is 2.06. The van der Waals surface area contributed by atoms with Crippen LogP contribution in [0.25, 0.3) is 16.9 Å². The number of nitrogens with one attached hydrogen (secondary N) is 2. The van der Waals surface area contributed by atoms with Crippen LogP contribution < -0.4 is 10.6 Å². The first kappa shape index (κ1) is 22.6. The van der Waals surface area contributed by atoms with Crippen LogP contribution in [-0.2, 0) is 12.8 Å². The van der Waals surface area contributed by atoms with Crippen molar-refractivity contribution in [3.8, 4) is 16.9 Å². The van der Waals surface area contributed by atoms with E-state index < -0.39 is 0 Å². The highest BCUT2D eigenvalue weighted by molar-refractivity contribution is 5.99. The molecule has 0 aliphatic carbocycles. The Morgan fingerprint density at radius 3 is 2.61 bits per heavy atom. The van der Waals surface area contributed by atoms with Gasteiger partial charge in [0.15, 0.2) is 5.69 Å². The molecule has 182 valence electrons. The standard InChI is InChI=1S/C30H31N5O/c36-30(34-17-16-31-20-26(34)18-22-8-3-1-4-9-22)28-29(24-10-5-2-6-11-24)35(21-33-28)25-14-13-23-12-7-15-32-27(23)19-25/h1-6,8-11,13-14,19,21,26,31-32H,7,12,15-18,20H2/t26-/m1/s1. The van der Waals surface area contributed by atoms with Crippen LogP contribution >= 0.6 is 0 Å². The Labute approximate surface area is 212 Å². The molecule has 0 spiro atoms. The predicted molar refractivity (Wildman–Crippen MR) is 144 cm³/mol. The number of benzene rings is 3. The first-order chi connectivity index (χ1) is 17.8. The summed E-state index contributed by atoms with van der Waals surface area (Å²) in [5.41, 5.74) is 7.09. The lowest BCUT2D eigenvalue weighted by atomic mass is 10.0. The van der Waals surface area contributed by atoms with Crippen molar-refractivity contribution < 1.29 is 4.79 Å². The van der Waals surface area contributed by atoms with Crippen LogP contribution in [0.5, 0.6) is 0 Å². The van der Waals surface area contributed by atoms with Crippen LogP contribution in [0.15, 0.2) is 85.2 Å². The molecule has 1 aromatic heterocycles. The average Bonchev–Trinajstić information content (AvgIpc) is 3.39. The first-order valence-corrected chi connectivity index (χ1v) is 12.8. The average molecular weight is 478 g/mol. The maximum absolute atomic E-state index is 14.1. The fourth-order valence-electron chi connectivity index (χ4n) is 5.40. The van der Waals surface area contributed by atoms with Gasteiger partial charge >= 0.3 is 0 Å². The number of aromatic nitrogens is 2. The highest BCUT2D eigenvalue weighted by Gasteiger charge is 2.31. The van der Waals surface area contributed by atoms with E-state index in [-0.39, 0.29) is 11.9 Å². The van der Waals surface area contributed by atoms with E-state index in [1.54, 1.807) is 6.33 Å². The summed E-state index contributed by atoms with van der Waals surface area (Å²) in [4.78, 5) is 20.8. The van der Waals surface area contributed by atoms with Gasteiger partial charge in [0.1, 0.15) is 6.33 Å². The van der Waals surface area contributed by atoms with Gasteiger partial charge in [-0.15, -0.1) is 0 Å². The van der Waals surface area contributed by atoms with Gasteiger partial charge < -0.3 is 15.5 Å². The molecule has 1 saturated heterocycles. The van der Waals surface area contributed by atoms with Crippen molar-refractivity contribution in [3.05, 3.63) is 102 Å². The minimum atomic E-state index is -0.00822. The largest absolute Gasteiger partial charge is 0.385 e. The molecular formula is C30H31N5O. The summed E-state index contributed by atoms with van der Waals surface area (Å²) in [6.07, 6.45) is 4.86. The highest BCUT2D eigenvalue weighted by Crippen LogP contribution is 2.31. The van der Waals surface area contributed by atoms with Gasteiger partial charge in [-0.25, -0.2) is 4.98 Å². The third-order valence-corrected chi connectivity index (χ3v) is 7.25. The van der Waals surface area contributed by atoms with E-state index in [2.05, 4.69) is 69.8 Å². The summed E-state index contributed by atoms with van der Waals surface area (Å²) in [5, 5.41) is 7.00. The number of carbonyl (C=O) groups is 1. The Hall–Kier alpha value is -3.90. The lowest BCUT2D eigenvalue weighted by Crippen LogP contribution is -2.54. The molecule has 3 aromatic carbocycles. The van der Waals surface area contributed by atoms with Crippen molar-refractivity contribution in [1.82, 2.24) is 19.8 Å². The summed E-state index contributed by atoms with van der Waals surface area (Å²) in [6.45, 7) is 3.22. The van der Waals surface area contributed by atoms with Gasteiger partial charge in [-0.1, -0.05) is 66.7 Å². The van der Waals surface area contributed by atoms with E-state index in [4.69, 9.17) is 4.98 Å². The van der Waals surface area contributed by atoms with Crippen LogP contribution in [0.2, 0.25) is 0 Å². The topological polar surface area (TPSA) is 62.2 Å². The van der Waals surface area contributed by atoms with Gasteiger partial charge in [-0.05, 0) is 42.5 Å². The second kappa shape index (κ2) is 9.99. The molecular weight excluding hydrogens is 446 g/mol. The molecule has 6 nitrogen and oxygen atoms in total. The second-order valence-electron chi connectivity index (χ2n) is 9.60. The number of imidazole rings is 1. The van der Waals surface area contributed by atoms with Crippen LogP contribution in [-0.4, -0.2) is 52.6 Å². The number of nitrogens with zero attached hydrogens (tertiary/aromatic N) is 3. The number of amides is 1. The Bertz CT molecular complexity index is 1350. The zero-order valence-electron chi connectivity index (χ0n) is 20.4. The molecule has 0 unspecified atom stereocenters. The summed E-state index contributed by atoms with van der Waals surface area (Å²) in [6, 6.07) is 27.1. The van der Waals surface area contributed by atoms with Crippen molar-refractivity contribution in [1.29, 1.82) is 0 Å². The number of hydrogen-bond donors (Lipinski definition) is 2. The minimum Gasteiger partial charge on any atom is -0.385 e. The van der Waals surface area contributed by atoms with E-state index >= 15 is 0 Å². The molecule has 4 aromatic rings. The minimum absolute atomic E-state index is 0.00822. The number of fused-ring (bicyclic) bond motifs is 1. The molecule has 6 rings (SSSR count). The first-order valence-electron chi connectivity index (χ1n) is 12.8. The maximum Gasteiger partial charge on any atom is 0.275 e. The molecule has 1 atom stereocenters. The molecule has 0 radical (unpaired) electrons. The maximum atomic E-state index is 14.1. The normalized spacial score (nSPS) is 17.3. The molecule has 6 heteroatoms.